The first-order valence-corrected chi connectivity index (χ1v) is 4.23. The maximum Gasteiger partial charge on any atom is 0.0395 e. The molecule has 12 heavy (non-hydrogen) atoms. The van der Waals surface area contributed by atoms with Gasteiger partial charge in [0.2, 0.25) is 0 Å². The van der Waals surface area contributed by atoms with Crippen LogP contribution in [0.2, 0.25) is 0 Å². The van der Waals surface area contributed by atoms with Gasteiger partial charge in [-0.2, -0.15) is 0 Å². The van der Waals surface area contributed by atoms with Crippen molar-refractivity contribution in [2.24, 2.45) is 0 Å². The highest BCUT2D eigenvalue weighted by Gasteiger charge is 1.89. The summed E-state index contributed by atoms with van der Waals surface area (Å²) in [4.78, 5) is 0. The Bertz CT molecular complexity index is 263. The summed E-state index contributed by atoms with van der Waals surface area (Å²) in [6.45, 7) is 5.02. The Morgan fingerprint density at radius 1 is 1.42 bits per heavy atom. The molecule has 0 atom stereocenters. The van der Waals surface area contributed by atoms with Gasteiger partial charge >= 0.3 is 0 Å². The third-order valence-electron chi connectivity index (χ3n) is 1.67. The molecule has 0 saturated heterocycles. The molecule has 0 amide bonds. The van der Waals surface area contributed by atoms with Gasteiger partial charge in [0.25, 0.3) is 0 Å². The standard InChI is InChI=1S/C11H15N/c1-3-7-12-9-11-6-4-5-10(2)8-11/h3-8,12H,9H2,1-2H3/b7-3+. The van der Waals surface area contributed by atoms with Crippen LogP contribution >= 0.6 is 0 Å². The Kier molecular flexibility index (Phi) is 3.39. The van der Waals surface area contributed by atoms with Crippen molar-refractivity contribution in [2.75, 3.05) is 0 Å². The molecule has 0 heterocycles. The molecule has 1 heteroatoms. The molecule has 0 unspecified atom stereocenters. The molecule has 1 aromatic carbocycles. The maximum atomic E-state index is 3.20. The quantitative estimate of drug-likeness (QED) is 0.718. The van der Waals surface area contributed by atoms with Crippen LogP contribution in [-0.2, 0) is 6.54 Å². The molecule has 0 bridgehead atoms. The fraction of sp³-hybridized carbons (Fsp3) is 0.273. The highest BCUT2D eigenvalue weighted by Crippen LogP contribution is 2.02. The Morgan fingerprint density at radius 2 is 2.25 bits per heavy atom. The molecule has 64 valence electrons. The molecule has 0 aliphatic rings. The predicted molar refractivity (Wildman–Crippen MR) is 52.8 cm³/mol. The van der Waals surface area contributed by atoms with Gasteiger partial charge in [0.05, 0.1) is 0 Å². The van der Waals surface area contributed by atoms with Crippen molar-refractivity contribution in [3.63, 3.8) is 0 Å². The van der Waals surface area contributed by atoms with Gasteiger partial charge in [0.1, 0.15) is 0 Å². The molecular weight excluding hydrogens is 146 g/mol. The second-order valence-electron chi connectivity index (χ2n) is 2.87. The van der Waals surface area contributed by atoms with Crippen molar-refractivity contribution in [1.82, 2.24) is 5.32 Å². The monoisotopic (exact) mass is 161 g/mol. The van der Waals surface area contributed by atoms with E-state index in [0.717, 1.165) is 6.54 Å². The van der Waals surface area contributed by atoms with Crippen LogP contribution in [0.5, 0.6) is 0 Å². The van der Waals surface area contributed by atoms with Crippen LogP contribution < -0.4 is 5.32 Å². The van der Waals surface area contributed by atoms with Crippen LogP contribution in [0.4, 0.5) is 0 Å². The average Bonchev–Trinajstić information content (AvgIpc) is 2.05. The van der Waals surface area contributed by atoms with Gasteiger partial charge in [-0.15, -0.1) is 0 Å². The summed E-state index contributed by atoms with van der Waals surface area (Å²) in [5.74, 6) is 0. The Hall–Kier alpha value is -1.24. The molecule has 1 nitrogen and oxygen atoms in total. The van der Waals surface area contributed by atoms with E-state index < -0.39 is 0 Å². The highest BCUT2D eigenvalue weighted by atomic mass is 14.8. The van der Waals surface area contributed by atoms with E-state index in [4.69, 9.17) is 0 Å². The molecule has 0 aromatic heterocycles. The van der Waals surface area contributed by atoms with E-state index in [0.29, 0.717) is 0 Å². The van der Waals surface area contributed by atoms with E-state index in [2.05, 4.69) is 36.5 Å². The Labute approximate surface area is 74.1 Å². The summed E-state index contributed by atoms with van der Waals surface area (Å²) >= 11 is 0. The van der Waals surface area contributed by atoms with Crippen LogP contribution in [0.3, 0.4) is 0 Å². The fourth-order valence-electron chi connectivity index (χ4n) is 1.12. The number of rotatable bonds is 3. The molecule has 1 N–H and O–H groups in total. The average molecular weight is 161 g/mol. The lowest BCUT2D eigenvalue weighted by atomic mass is 10.1. The van der Waals surface area contributed by atoms with E-state index in [1.54, 1.807) is 0 Å². The second-order valence-corrected chi connectivity index (χ2v) is 2.87. The summed E-state index contributed by atoms with van der Waals surface area (Å²) in [5.41, 5.74) is 2.64. The van der Waals surface area contributed by atoms with Crippen molar-refractivity contribution in [3.8, 4) is 0 Å². The van der Waals surface area contributed by atoms with Crippen molar-refractivity contribution >= 4 is 0 Å². The molecule has 0 fully saturated rings. The van der Waals surface area contributed by atoms with Crippen molar-refractivity contribution < 1.29 is 0 Å². The van der Waals surface area contributed by atoms with E-state index >= 15 is 0 Å². The van der Waals surface area contributed by atoms with E-state index in [-0.39, 0.29) is 0 Å². The van der Waals surface area contributed by atoms with E-state index in [1.807, 2.05) is 19.2 Å². The summed E-state index contributed by atoms with van der Waals surface area (Å²) in [7, 11) is 0. The number of benzene rings is 1. The van der Waals surface area contributed by atoms with Gasteiger partial charge < -0.3 is 5.32 Å². The van der Waals surface area contributed by atoms with E-state index in [1.165, 1.54) is 11.1 Å². The smallest absolute Gasteiger partial charge is 0.0395 e. The third kappa shape index (κ3) is 2.79. The first-order chi connectivity index (χ1) is 5.83. The zero-order chi connectivity index (χ0) is 8.81. The van der Waals surface area contributed by atoms with Crippen molar-refractivity contribution in [3.05, 3.63) is 47.7 Å². The van der Waals surface area contributed by atoms with Crippen LogP contribution in [0.25, 0.3) is 0 Å². The normalized spacial score (nSPS) is 10.5. The molecule has 0 saturated carbocycles. The first-order valence-electron chi connectivity index (χ1n) is 4.23. The highest BCUT2D eigenvalue weighted by molar-refractivity contribution is 5.22. The first kappa shape index (κ1) is 8.85. The van der Waals surface area contributed by atoms with Crippen LogP contribution in [0, 0.1) is 6.92 Å². The molecule has 0 aliphatic carbocycles. The summed E-state index contributed by atoms with van der Waals surface area (Å²) in [6.07, 6.45) is 3.96. The van der Waals surface area contributed by atoms with Gasteiger partial charge in [-0.05, 0) is 25.6 Å². The van der Waals surface area contributed by atoms with Gasteiger partial charge in [-0.3, -0.25) is 0 Å². The fourth-order valence-corrected chi connectivity index (χ4v) is 1.12. The second kappa shape index (κ2) is 4.60. The van der Waals surface area contributed by atoms with Crippen LogP contribution in [0.1, 0.15) is 18.1 Å². The summed E-state index contributed by atoms with van der Waals surface area (Å²) in [6, 6.07) is 8.52. The number of hydrogen-bond acceptors (Lipinski definition) is 1. The molecular formula is C11H15N. The maximum absolute atomic E-state index is 3.20. The number of hydrogen-bond donors (Lipinski definition) is 1. The lowest BCUT2D eigenvalue weighted by Gasteiger charge is -2.01. The topological polar surface area (TPSA) is 12.0 Å². The van der Waals surface area contributed by atoms with Crippen LogP contribution in [-0.4, -0.2) is 0 Å². The largest absolute Gasteiger partial charge is 0.387 e. The lowest BCUT2D eigenvalue weighted by molar-refractivity contribution is 0.867. The lowest BCUT2D eigenvalue weighted by Crippen LogP contribution is -2.03. The van der Waals surface area contributed by atoms with Crippen molar-refractivity contribution in [1.29, 1.82) is 0 Å². The molecule has 1 aromatic rings. The Balaban J connectivity index is 2.52. The predicted octanol–water partition coefficient (Wildman–Crippen LogP) is 2.62. The Morgan fingerprint density at radius 3 is 2.92 bits per heavy atom. The van der Waals surface area contributed by atoms with Crippen LogP contribution in [0.15, 0.2) is 36.5 Å². The van der Waals surface area contributed by atoms with Gasteiger partial charge in [-0.25, -0.2) is 0 Å². The van der Waals surface area contributed by atoms with Gasteiger partial charge in [-0.1, -0.05) is 35.9 Å². The summed E-state index contributed by atoms with van der Waals surface area (Å²) < 4.78 is 0. The molecule has 0 aliphatic heterocycles. The van der Waals surface area contributed by atoms with Gasteiger partial charge in [0, 0.05) is 6.54 Å². The molecule has 0 radical (unpaired) electrons. The zero-order valence-corrected chi connectivity index (χ0v) is 7.67. The minimum absolute atomic E-state index is 0.909. The summed E-state index contributed by atoms with van der Waals surface area (Å²) in [5, 5.41) is 3.20. The minimum atomic E-state index is 0.909. The molecule has 0 spiro atoms. The van der Waals surface area contributed by atoms with Crippen molar-refractivity contribution in [2.45, 2.75) is 20.4 Å². The number of allylic oxidation sites excluding steroid dienone is 1. The van der Waals surface area contributed by atoms with E-state index in [9.17, 15) is 0 Å². The SMILES string of the molecule is C/C=C/NCc1cccc(C)c1. The third-order valence-corrected chi connectivity index (χ3v) is 1.67. The minimum Gasteiger partial charge on any atom is -0.387 e. The number of nitrogens with one attached hydrogen (secondary N) is 1. The molecule has 1 rings (SSSR count). The van der Waals surface area contributed by atoms with Gasteiger partial charge in [0.15, 0.2) is 0 Å². The zero-order valence-electron chi connectivity index (χ0n) is 7.67. The number of aryl methyl sites for hydroxylation is 1.